The van der Waals surface area contributed by atoms with Gasteiger partial charge in [0, 0.05) is 25.2 Å². The zero-order chi connectivity index (χ0) is 15.3. The first-order valence-corrected chi connectivity index (χ1v) is 8.74. The molecule has 1 aliphatic carbocycles. The number of nitrogens with two attached hydrogens (primary N) is 1. The van der Waals surface area contributed by atoms with Crippen molar-refractivity contribution in [2.24, 2.45) is 11.7 Å². The zero-order valence-corrected chi connectivity index (χ0v) is 15.0. The molecule has 5 heteroatoms. The Kier molecular flexibility index (Phi) is 8.15. The van der Waals surface area contributed by atoms with Crippen molar-refractivity contribution in [2.45, 2.75) is 76.9 Å². The van der Waals surface area contributed by atoms with Gasteiger partial charge in [-0.3, -0.25) is 4.79 Å². The minimum absolute atomic E-state index is 0. The molecule has 2 fully saturated rings. The Morgan fingerprint density at radius 2 is 2.00 bits per heavy atom. The van der Waals surface area contributed by atoms with Crippen LogP contribution >= 0.6 is 12.4 Å². The summed E-state index contributed by atoms with van der Waals surface area (Å²) in [4.78, 5) is 14.9. The first-order valence-electron chi connectivity index (χ1n) is 8.74. The van der Waals surface area contributed by atoms with Crippen LogP contribution in [0.25, 0.3) is 0 Å². The Morgan fingerprint density at radius 1 is 1.23 bits per heavy atom. The lowest BCUT2D eigenvalue weighted by Gasteiger charge is -2.39. The predicted molar refractivity (Wildman–Crippen MR) is 92.3 cm³/mol. The van der Waals surface area contributed by atoms with E-state index in [4.69, 9.17) is 10.5 Å². The molecule has 2 rings (SSSR count). The van der Waals surface area contributed by atoms with Gasteiger partial charge in [0.25, 0.3) is 0 Å². The van der Waals surface area contributed by atoms with Crippen LogP contribution in [-0.4, -0.2) is 42.1 Å². The average Bonchev–Trinajstić information content (AvgIpc) is 2.69. The van der Waals surface area contributed by atoms with E-state index in [0.717, 1.165) is 71.1 Å². The van der Waals surface area contributed by atoms with Crippen LogP contribution in [0.15, 0.2) is 0 Å². The molecule has 1 heterocycles. The second-order valence-corrected chi connectivity index (χ2v) is 7.05. The monoisotopic (exact) mass is 332 g/mol. The van der Waals surface area contributed by atoms with Crippen molar-refractivity contribution in [3.05, 3.63) is 0 Å². The van der Waals surface area contributed by atoms with Gasteiger partial charge in [-0.25, -0.2) is 0 Å². The van der Waals surface area contributed by atoms with E-state index in [1.165, 1.54) is 0 Å². The minimum Gasteiger partial charge on any atom is -0.378 e. The molecule has 0 spiro atoms. The number of nitrogens with zero attached hydrogens (tertiary/aromatic N) is 1. The fourth-order valence-electron chi connectivity index (χ4n) is 3.72. The fourth-order valence-corrected chi connectivity index (χ4v) is 3.72. The number of halogens is 1. The quantitative estimate of drug-likeness (QED) is 0.860. The maximum absolute atomic E-state index is 12.8. The van der Waals surface area contributed by atoms with Gasteiger partial charge in [0.15, 0.2) is 0 Å². The summed E-state index contributed by atoms with van der Waals surface area (Å²) < 4.78 is 5.86. The van der Waals surface area contributed by atoms with Gasteiger partial charge in [-0.2, -0.15) is 0 Å². The third-order valence-corrected chi connectivity index (χ3v) is 5.10. The number of hydrogen-bond donors (Lipinski definition) is 1. The Morgan fingerprint density at radius 3 is 2.68 bits per heavy atom. The maximum Gasteiger partial charge on any atom is 0.227 e. The van der Waals surface area contributed by atoms with E-state index in [0.29, 0.717) is 6.10 Å². The fraction of sp³-hybridized carbons (Fsp3) is 0.941. The molecule has 0 aromatic carbocycles. The van der Waals surface area contributed by atoms with E-state index < -0.39 is 0 Å². The van der Waals surface area contributed by atoms with Crippen LogP contribution in [0.2, 0.25) is 0 Å². The first kappa shape index (κ1) is 19.7. The Labute approximate surface area is 141 Å². The summed E-state index contributed by atoms with van der Waals surface area (Å²) >= 11 is 0. The Balaban J connectivity index is 0.00000242. The highest BCUT2D eigenvalue weighted by Crippen LogP contribution is 2.33. The molecule has 1 saturated heterocycles. The van der Waals surface area contributed by atoms with Crippen LogP contribution in [0.5, 0.6) is 0 Å². The van der Waals surface area contributed by atoms with Gasteiger partial charge in [0.2, 0.25) is 5.91 Å². The predicted octanol–water partition coefficient (Wildman–Crippen LogP) is 3.12. The van der Waals surface area contributed by atoms with Crippen molar-refractivity contribution < 1.29 is 9.53 Å². The van der Waals surface area contributed by atoms with Crippen LogP contribution in [0.3, 0.4) is 0 Å². The summed E-state index contributed by atoms with van der Waals surface area (Å²) in [7, 11) is 0. The lowest BCUT2D eigenvalue weighted by molar-refractivity contribution is -0.139. The molecule has 22 heavy (non-hydrogen) atoms. The van der Waals surface area contributed by atoms with Crippen LogP contribution in [0, 0.1) is 5.92 Å². The number of amides is 1. The number of ether oxygens (including phenoxy) is 1. The van der Waals surface area contributed by atoms with E-state index in [1.54, 1.807) is 0 Å². The second kappa shape index (κ2) is 9.09. The molecule has 4 nitrogen and oxygen atoms in total. The molecule has 0 radical (unpaired) electrons. The van der Waals surface area contributed by atoms with Crippen LogP contribution in [-0.2, 0) is 9.53 Å². The summed E-state index contributed by atoms with van der Waals surface area (Å²) in [5.74, 6) is 0.301. The van der Waals surface area contributed by atoms with Crippen molar-refractivity contribution in [1.29, 1.82) is 0 Å². The summed E-state index contributed by atoms with van der Waals surface area (Å²) in [6.07, 6.45) is 8.72. The van der Waals surface area contributed by atoms with E-state index in [-0.39, 0.29) is 29.8 Å². The van der Waals surface area contributed by atoms with Crippen molar-refractivity contribution in [3.63, 3.8) is 0 Å². The molecule has 2 N–H and O–H groups in total. The highest BCUT2D eigenvalue weighted by atomic mass is 35.5. The molecule has 3 atom stereocenters. The van der Waals surface area contributed by atoms with Crippen LogP contribution in [0.4, 0.5) is 0 Å². The minimum atomic E-state index is -0.320. The molecule has 0 aromatic rings. The molecule has 2 aliphatic rings. The average molecular weight is 333 g/mol. The molecule has 1 aliphatic heterocycles. The van der Waals surface area contributed by atoms with Crippen LogP contribution in [0.1, 0.15) is 65.2 Å². The van der Waals surface area contributed by atoms with Crippen molar-refractivity contribution in [1.82, 2.24) is 4.90 Å². The summed E-state index contributed by atoms with van der Waals surface area (Å²) in [6.45, 7) is 6.73. The standard InChI is InChI=1S/C17H32N2O2.ClH/c1-3-13-21-14-7-6-11-19(12-9-14)16(20)15-8-4-5-10-17(15,2)18;/h14-15H,3-13,18H2,1-2H3;1H. The number of rotatable bonds is 4. The van der Waals surface area contributed by atoms with E-state index in [1.807, 2.05) is 0 Å². The van der Waals surface area contributed by atoms with Gasteiger partial charge in [-0.15, -0.1) is 12.4 Å². The highest BCUT2D eigenvalue weighted by molar-refractivity contribution is 5.85. The molecule has 1 saturated carbocycles. The van der Waals surface area contributed by atoms with Gasteiger partial charge in [-0.1, -0.05) is 19.8 Å². The lowest BCUT2D eigenvalue weighted by Crippen LogP contribution is -2.53. The number of hydrogen-bond acceptors (Lipinski definition) is 3. The topological polar surface area (TPSA) is 55.6 Å². The Hall–Kier alpha value is -0.320. The molecule has 0 bridgehead atoms. The molecular formula is C17H33ClN2O2. The molecule has 1 amide bonds. The summed E-state index contributed by atoms with van der Waals surface area (Å²) in [5.41, 5.74) is 6.07. The maximum atomic E-state index is 12.8. The van der Waals surface area contributed by atoms with Crippen LogP contribution < -0.4 is 5.73 Å². The van der Waals surface area contributed by atoms with Gasteiger partial charge < -0.3 is 15.4 Å². The second-order valence-electron chi connectivity index (χ2n) is 7.05. The van der Waals surface area contributed by atoms with Crippen molar-refractivity contribution in [3.8, 4) is 0 Å². The Bertz CT molecular complexity index is 350. The van der Waals surface area contributed by atoms with Gasteiger partial charge in [0.05, 0.1) is 12.0 Å². The van der Waals surface area contributed by atoms with Crippen molar-refractivity contribution in [2.75, 3.05) is 19.7 Å². The SMILES string of the molecule is CCCOC1CCCN(C(=O)C2CCCCC2(C)N)CC1.Cl. The summed E-state index contributed by atoms with van der Waals surface area (Å²) in [5, 5.41) is 0. The van der Waals surface area contributed by atoms with E-state index >= 15 is 0 Å². The highest BCUT2D eigenvalue weighted by Gasteiger charge is 2.40. The van der Waals surface area contributed by atoms with E-state index in [9.17, 15) is 4.79 Å². The number of likely N-dealkylation sites (tertiary alicyclic amines) is 1. The zero-order valence-electron chi connectivity index (χ0n) is 14.2. The number of carbonyl (C=O) groups excluding carboxylic acids is 1. The number of carbonyl (C=O) groups is 1. The van der Waals surface area contributed by atoms with Crippen molar-refractivity contribution >= 4 is 18.3 Å². The third-order valence-electron chi connectivity index (χ3n) is 5.10. The van der Waals surface area contributed by atoms with E-state index in [2.05, 4.69) is 18.7 Å². The smallest absolute Gasteiger partial charge is 0.227 e. The normalized spacial score (nSPS) is 33.0. The summed E-state index contributed by atoms with van der Waals surface area (Å²) in [6, 6.07) is 0. The molecular weight excluding hydrogens is 300 g/mol. The van der Waals surface area contributed by atoms with Gasteiger partial charge in [0.1, 0.15) is 0 Å². The van der Waals surface area contributed by atoms with Gasteiger partial charge in [-0.05, 0) is 45.4 Å². The van der Waals surface area contributed by atoms with Gasteiger partial charge >= 0.3 is 0 Å². The lowest BCUT2D eigenvalue weighted by atomic mass is 9.74. The molecule has 130 valence electrons. The largest absolute Gasteiger partial charge is 0.378 e. The molecule has 3 unspecified atom stereocenters. The molecule has 0 aromatic heterocycles. The third kappa shape index (κ3) is 5.10. The first-order chi connectivity index (χ1) is 10.0.